The summed E-state index contributed by atoms with van der Waals surface area (Å²) in [5, 5.41) is 12.0. The number of carbonyl (C=O) groups excluding carboxylic acids is 1. The maximum atomic E-state index is 12.4. The van der Waals surface area contributed by atoms with Crippen LogP contribution in [0.2, 0.25) is 0 Å². The third-order valence-electron chi connectivity index (χ3n) is 9.31. The molecule has 0 unspecified atom stereocenters. The lowest BCUT2D eigenvalue weighted by Crippen LogP contribution is -2.70. The minimum Gasteiger partial charge on any atom is -0.480 e. The molecule has 9 nitrogen and oxygen atoms in total. The number of amides is 1. The highest BCUT2D eigenvalue weighted by molar-refractivity contribution is 5.85. The van der Waals surface area contributed by atoms with E-state index >= 15 is 0 Å². The minimum atomic E-state index is -0.974. The molecule has 4 saturated heterocycles. The van der Waals surface area contributed by atoms with Crippen LogP contribution in [0.1, 0.15) is 64.9 Å². The number of carboxylic acids is 1. The SMILES string of the molecule is C[C@H]1[C@@H](Oc2ccc(CC(=O)N[C@H](C(=O)O)C3CC3)cc2)O[C@@H]2O[C@@]3(C)CC[C@H]4[C@H](C)CC[C@@H]1[C@@]24OO3. The van der Waals surface area contributed by atoms with E-state index in [1.165, 1.54) is 0 Å². The Labute approximate surface area is 217 Å². The zero-order valence-electron chi connectivity index (χ0n) is 21.7. The first-order chi connectivity index (χ1) is 17.7. The van der Waals surface area contributed by atoms with E-state index in [-0.39, 0.29) is 30.1 Å². The van der Waals surface area contributed by atoms with Crippen molar-refractivity contribution in [3.63, 3.8) is 0 Å². The van der Waals surface area contributed by atoms with Crippen LogP contribution in [0.25, 0.3) is 0 Å². The topological polar surface area (TPSA) is 113 Å². The summed E-state index contributed by atoms with van der Waals surface area (Å²) in [4.78, 5) is 35.9. The number of rotatable bonds is 7. The summed E-state index contributed by atoms with van der Waals surface area (Å²) >= 11 is 0. The van der Waals surface area contributed by atoms with Crippen molar-refractivity contribution in [3.8, 4) is 5.75 Å². The Balaban J connectivity index is 1.13. The van der Waals surface area contributed by atoms with Crippen molar-refractivity contribution in [2.45, 2.75) is 95.7 Å². The fourth-order valence-corrected chi connectivity index (χ4v) is 7.05. The molecule has 202 valence electrons. The van der Waals surface area contributed by atoms with Crippen LogP contribution in [0.15, 0.2) is 24.3 Å². The zero-order chi connectivity index (χ0) is 25.9. The van der Waals surface area contributed by atoms with Gasteiger partial charge in [-0.1, -0.05) is 26.0 Å². The first-order valence-corrected chi connectivity index (χ1v) is 13.7. The number of aliphatic carboxylic acids is 1. The largest absolute Gasteiger partial charge is 0.480 e. The molecule has 1 amide bonds. The van der Waals surface area contributed by atoms with Crippen molar-refractivity contribution in [1.82, 2.24) is 5.32 Å². The summed E-state index contributed by atoms with van der Waals surface area (Å²) < 4.78 is 19.2. The molecule has 1 spiro atoms. The first kappa shape index (κ1) is 25.1. The van der Waals surface area contributed by atoms with Crippen LogP contribution in [0.3, 0.4) is 0 Å². The number of ether oxygens (including phenoxy) is 3. The van der Waals surface area contributed by atoms with E-state index in [1.807, 2.05) is 31.2 Å². The molecule has 0 aromatic heterocycles. The highest BCUT2D eigenvalue weighted by Gasteiger charge is 2.69. The van der Waals surface area contributed by atoms with Crippen LogP contribution >= 0.6 is 0 Å². The molecule has 9 atom stereocenters. The van der Waals surface area contributed by atoms with Crippen LogP contribution in [0, 0.1) is 29.6 Å². The highest BCUT2D eigenvalue weighted by atomic mass is 17.3. The van der Waals surface area contributed by atoms with E-state index < -0.39 is 36.0 Å². The first-order valence-electron chi connectivity index (χ1n) is 13.7. The molecule has 37 heavy (non-hydrogen) atoms. The average molecular weight is 516 g/mol. The minimum absolute atomic E-state index is 0.0451. The molecule has 9 heteroatoms. The van der Waals surface area contributed by atoms with Gasteiger partial charge in [0.05, 0.1) is 6.42 Å². The van der Waals surface area contributed by atoms with E-state index in [0.29, 0.717) is 17.6 Å². The van der Waals surface area contributed by atoms with Gasteiger partial charge < -0.3 is 24.6 Å². The Kier molecular flexibility index (Phi) is 6.25. The summed E-state index contributed by atoms with van der Waals surface area (Å²) in [6, 6.07) is 6.51. The quantitative estimate of drug-likeness (QED) is 0.528. The van der Waals surface area contributed by atoms with Crippen molar-refractivity contribution >= 4 is 11.9 Å². The molecule has 2 N–H and O–H groups in total. The van der Waals surface area contributed by atoms with Gasteiger partial charge in [-0.3, -0.25) is 4.79 Å². The van der Waals surface area contributed by atoms with Gasteiger partial charge in [0.2, 0.25) is 18.0 Å². The van der Waals surface area contributed by atoms with Gasteiger partial charge >= 0.3 is 5.97 Å². The number of fused-ring (bicyclic) bond motifs is 2. The molecular formula is C28H37NO8. The standard InChI is InChI=1S/C28H37NO8/c1-15-4-11-21-16(2)25(34-26-28(21)20(15)12-13-27(3,35-26)36-37-28)33-19-9-5-17(6-10-19)14-22(30)29-23(24(31)32)18-7-8-18/h5-6,9-10,15-16,18,20-21,23,25-26H,4,7-8,11-14H2,1-3H3,(H,29,30)(H,31,32)/t15-,16-,20+,21+,23+,25+,26-,27-,28-/m1/s1. The fourth-order valence-electron chi connectivity index (χ4n) is 7.05. The molecule has 0 radical (unpaired) electrons. The molecule has 7 rings (SSSR count). The number of hydrogen-bond acceptors (Lipinski definition) is 7. The van der Waals surface area contributed by atoms with Crippen LogP contribution < -0.4 is 10.1 Å². The number of hydrogen-bond donors (Lipinski definition) is 2. The third kappa shape index (κ3) is 4.43. The predicted octanol–water partition coefficient (Wildman–Crippen LogP) is 3.80. The lowest BCUT2D eigenvalue weighted by molar-refractivity contribution is -0.575. The Hall–Kier alpha value is -2.20. The fraction of sp³-hybridized carbons (Fsp3) is 0.714. The molecule has 4 heterocycles. The van der Waals surface area contributed by atoms with Crippen molar-refractivity contribution < 1.29 is 38.7 Å². The maximum absolute atomic E-state index is 12.4. The van der Waals surface area contributed by atoms with Gasteiger partial charge in [0, 0.05) is 18.3 Å². The Morgan fingerprint density at radius 3 is 2.54 bits per heavy atom. The van der Waals surface area contributed by atoms with Crippen LogP contribution in [-0.4, -0.2) is 47.0 Å². The van der Waals surface area contributed by atoms with E-state index in [1.54, 1.807) is 0 Å². The van der Waals surface area contributed by atoms with E-state index in [4.69, 9.17) is 24.0 Å². The second-order valence-corrected chi connectivity index (χ2v) is 11.9. The Morgan fingerprint density at radius 1 is 1.08 bits per heavy atom. The van der Waals surface area contributed by atoms with Gasteiger partial charge in [-0.25, -0.2) is 14.6 Å². The second-order valence-electron chi connectivity index (χ2n) is 11.9. The van der Waals surface area contributed by atoms with Crippen LogP contribution in [-0.2, 0) is 35.3 Å². The van der Waals surface area contributed by atoms with Gasteiger partial charge in [-0.15, -0.1) is 0 Å². The van der Waals surface area contributed by atoms with E-state index in [9.17, 15) is 14.7 Å². The molecule has 6 fully saturated rings. The number of carboxylic acid groups (broad SMARTS) is 1. The number of benzene rings is 1. The maximum Gasteiger partial charge on any atom is 0.326 e. The monoisotopic (exact) mass is 515 g/mol. The van der Waals surface area contributed by atoms with Crippen LogP contribution in [0.4, 0.5) is 0 Å². The van der Waals surface area contributed by atoms with E-state index in [0.717, 1.165) is 44.1 Å². The highest BCUT2D eigenvalue weighted by Crippen LogP contribution is 2.60. The van der Waals surface area contributed by atoms with Crippen LogP contribution in [0.5, 0.6) is 5.75 Å². The zero-order valence-corrected chi connectivity index (χ0v) is 21.7. The van der Waals surface area contributed by atoms with Crippen molar-refractivity contribution in [2.24, 2.45) is 29.6 Å². The smallest absolute Gasteiger partial charge is 0.326 e. The van der Waals surface area contributed by atoms with Crippen molar-refractivity contribution in [3.05, 3.63) is 29.8 Å². The van der Waals surface area contributed by atoms with Crippen molar-refractivity contribution in [1.29, 1.82) is 0 Å². The Bertz CT molecular complexity index is 1040. The third-order valence-corrected chi connectivity index (χ3v) is 9.31. The van der Waals surface area contributed by atoms with Crippen molar-refractivity contribution in [2.75, 3.05) is 0 Å². The summed E-state index contributed by atoms with van der Waals surface area (Å²) in [5.74, 6) is -0.374. The molecule has 4 aliphatic heterocycles. The molecule has 2 bridgehead atoms. The number of nitrogens with one attached hydrogen (secondary N) is 1. The summed E-state index contributed by atoms with van der Waals surface area (Å²) in [7, 11) is 0. The molecular weight excluding hydrogens is 478 g/mol. The lowest BCUT2D eigenvalue weighted by atomic mass is 9.58. The molecule has 1 aromatic rings. The van der Waals surface area contributed by atoms with E-state index in [2.05, 4.69) is 19.2 Å². The lowest BCUT2D eigenvalue weighted by Gasteiger charge is -2.60. The molecule has 2 aliphatic carbocycles. The molecule has 6 aliphatic rings. The average Bonchev–Trinajstić information content (AvgIpc) is 3.71. The summed E-state index contributed by atoms with van der Waals surface area (Å²) in [6.45, 7) is 6.35. The summed E-state index contributed by atoms with van der Waals surface area (Å²) in [6.07, 6.45) is 4.59. The summed E-state index contributed by atoms with van der Waals surface area (Å²) in [5.41, 5.74) is 0.159. The predicted molar refractivity (Wildman–Crippen MR) is 130 cm³/mol. The van der Waals surface area contributed by atoms with Gasteiger partial charge in [0.25, 0.3) is 0 Å². The normalized spacial score (nSPS) is 41.3. The Morgan fingerprint density at radius 2 is 1.84 bits per heavy atom. The molecule has 2 saturated carbocycles. The van der Waals surface area contributed by atoms with Gasteiger partial charge in [0.15, 0.2) is 11.9 Å². The second kappa shape index (κ2) is 9.22. The number of carbonyl (C=O) groups is 2. The molecule has 1 aromatic carbocycles. The van der Waals surface area contributed by atoms with Gasteiger partial charge in [-0.05, 0) is 74.5 Å². The van der Waals surface area contributed by atoms with Gasteiger partial charge in [-0.2, -0.15) is 0 Å². The van der Waals surface area contributed by atoms with Gasteiger partial charge in [0.1, 0.15) is 11.8 Å².